The number of hydrogen-bond acceptors (Lipinski definition) is 5. The molecule has 0 aliphatic rings. The standard InChI is InChI=1S/C11H19N5O/c1-9-10(8-12)11(16(2)15-9)14-5-4-13-6-7-17-3/h13-14H,4-7H2,1-3H3. The molecule has 0 saturated carbocycles. The lowest BCUT2D eigenvalue weighted by Gasteiger charge is -2.08. The van der Waals surface area contributed by atoms with Gasteiger partial charge in [-0.05, 0) is 6.92 Å². The predicted octanol–water partition coefficient (Wildman–Crippen LogP) is 0.248. The molecule has 2 N–H and O–H groups in total. The molecule has 1 heterocycles. The van der Waals surface area contributed by atoms with E-state index >= 15 is 0 Å². The predicted molar refractivity (Wildman–Crippen MR) is 65.9 cm³/mol. The second kappa shape index (κ2) is 6.89. The Balaban J connectivity index is 2.39. The van der Waals surface area contributed by atoms with Gasteiger partial charge in [-0.25, -0.2) is 0 Å². The Labute approximate surface area is 102 Å². The number of nitrogens with one attached hydrogen (secondary N) is 2. The fraction of sp³-hybridized carbons (Fsp3) is 0.636. The van der Waals surface area contributed by atoms with Crippen molar-refractivity contribution in [2.75, 3.05) is 38.7 Å². The minimum absolute atomic E-state index is 0.615. The van der Waals surface area contributed by atoms with Crippen LogP contribution in [0.15, 0.2) is 0 Å². The van der Waals surface area contributed by atoms with Crippen molar-refractivity contribution in [2.24, 2.45) is 7.05 Å². The first-order valence-corrected chi connectivity index (χ1v) is 5.58. The summed E-state index contributed by atoms with van der Waals surface area (Å²) in [6.45, 7) is 4.93. The van der Waals surface area contributed by atoms with Gasteiger partial charge in [-0.3, -0.25) is 4.68 Å². The smallest absolute Gasteiger partial charge is 0.142 e. The van der Waals surface area contributed by atoms with Gasteiger partial charge in [-0.15, -0.1) is 0 Å². The molecular formula is C11H19N5O. The van der Waals surface area contributed by atoms with Crippen LogP contribution in [-0.2, 0) is 11.8 Å². The van der Waals surface area contributed by atoms with Crippen LogP contribution in [0.5, 0.6) is 0 Å². The van der Waals surface area contributed by atoms with Gasteiger partial charge < -0.3 is 15.4 Å². The highest BCUT2D eigenvalue weighted by molar-refractivity contribution is 5.54. The van der Waals surface area contributed by atoms with Crippen LogP contribution in [0.25, 0.3) is 0 Å². The maximum Gasteiger partial charge on any atom is 0.142 e. The Morgan fingerprint density at radius 1 is 1.41 bits per heavy atom. The minimum Gasteiger partial charge on any atom is -0.383 e. The summed E-state index contributed by atoms with van der Waals surface area (Å²) in [5.41, 5.74) is 1.37. The average Bonchev–Trinajstić information content (AvgIpc) is 2.58. The molecule has 0 spiro atoms. The number of aryl methyl sites for hydroxylation is 2. The van der Waals surface area contributed by atoms with Gasteiger partial charge in [0.2, 0.25) is 0 Å². The van der Waals surface area contributed by atoms with Crippen LogP contribution in [0.1, 0.15) is 11.3 Å². The van der Waals surface area contributed by atoms with Crippen LogP contribution in [-0.4, -0.2) is 43.1 Å². The number of nitrogens with zero attached hydrogens (tertiary/aromatic N) is 3. The van der Waals surface area contributed by atoms with Crippen molar-refractivity contribution >= 4 is 5.82 Å². The zero-order valence-electron chi connectivity index (χ0n) is 10.6. The molecule has 17 heavy (non-hydrogen) atoms. The van der Waals surface area contributed by atoms with E-state index in [0.717, 1.165) is 31.1 Å². The van der Waals surface area contributed by atoms with Crippen LogP contribution in [0, 0.1) is 18.3 Å². The van der Waals surface area contributed by atoms with Crippen LogP contribution in [0.4, 0.5) is 5.82 Å². The third kappa shape index (κ3) is 3.73. The lowest BCUT2D eigenvalue weighted by atomic mass is 10.2. The van der Waals surface area contributed by atoms with Gasteiger partial charge in [-0.2, -0.15) is 10.4 Å². The third-order valence-electron chi connectivity index (χ3n) is 2.41. The van der Waals surface area contributed by atoms with Crippen molar-refractivity contribution in [1.29, 1.82) is 5.26 Å². The number of aromatic nitrogens is 2. The molecule has 0 unspecified atom stereocenters. The van der Waals surface area contributed by atoms with E-state index in [1.54, 1.807) is 11.8 Å². The summed E-state index contributed by atoms with van der Waals surface area (Å²) in [6, 6.07) is 2.16. The Kier molecular flexibility index (Phi) is 5.46. The average molecular weight is 237 g/mol. The van der Waals surface area contributed by atoms with Crippen LogP contribution >= 0.6 is 0 Å². The van der Waals surface area contributed by atoms with E-state index in [-0.39, 0.29) is 0 Å². The van der Waals surface area contributed by atoms with Crippen LogP contribution in [0.2, 0.25) is 0 Å². The van der Waals surface area contributed by atoms with Gasteiger partial charge in [0.1, 0.15) is 17.5 Å². The fourth-order valence-electron chi connectivity index (χ4n) is 1.56. The molecule has 1 aromatic heterocycles. The van der Waals surface area contributed by atoms with Crippen molar-refractivity contribution in [2.45, 2.75) is 6.92 Å². The summed E-state index contributed by atoms with van der Waals surface area (Å²) in [6.07, 6.45) is 0. The number of rotatable bonds is 7. The van der Waals surface area contributed by atoms with E-state index in [1.165, 1.54) is 0 Å². The van der Waals surface area contributed by atoms with Gasteiger partial charge in [0.25, 0.3) is 0 Å². The number of hydrogen-bond donors (Lipinski definition) is 2. The van der Waals surface area contributed by atoms with Crippen LogP contribution in [0.3, 0.4) is 0 Å². The first kappa shape index (κ1) is 13.5. The SMILES string of the molecule is COCCNCCNc1c(C#N)c(C)nn1C. The molecule has 0 aliphatic heterocycles. The topological polar surface area (TPSA) is 74.9 Å². The summed E-state index contributed by atoms with van der Waals surface area (Å²) in [4.78, 5) is 0. The summed E-state index contributed by atoms with van der Waals surface area (Å²) >= 11 is 0. The quantitative estimate of drug-likeness (QED) is 0.665. The van der Waals surface area contributed by atoms with Crippen molar-refractivity contribution in [3.63, 3.8) is 0 Å². The molecule has 0 aliphatic carbocycles. The maximum atomic E-state index is 9.01. The molecule has 0 atom stereocenters. The largest absolute Gasteiger partial charge is 0.383 e. The molecule has 1 rings (SSSR count). The molecule has 0 saturated heterocycles. The molecular weight excluding hydrogens is 218 g/mol. The van der Waals surface area contributed by atoms with E-state index in [1.807, 2.05) is 14.0 Å². The first-order valence-electron chi connectivity index (χ1n) is 5.58. The van der Waals surface area contributed by atoms with E-state index in [0.29, 0.717) is 12.2 Å². The maximum absolute atomic E-state index is 9.01. The van der Waals surface area contributed by atoms with E-state index in [2.05, 4.69) is 21.8 Å². The molecule has 0 bridgehead atoms. The summed E-state index contributed by atoms with van der Waals surface area (Å²) in [5.74, 6) is 0.776. The summed E-state index contributed by atoms with van der Waals surface area (Å²) < 4.78 is 6.62. The minimum atomic E-state index is 0.615. The lowest BCUT2D eigenvalue weighted by molar-refractivity contribution is 0.200. The van der Waals surface area contributed by atoms with Gasteiger partial charge >= 0.3 is 0 Å². The summed E-state index contributed by atoms with van der Waals surface area (Å²) in [7, 11) is 3.51. The normalized spacial score (nSPS) is 10.2. The van der Waals surface area contributed by atoms with Gasteiger partial charge in [-0.1, -0.05) is 0 Å². The Morgan fingerprint density at radius 3 is 2.82 bits per heavy atom. The molecule has 6 nitrogen and oxygen atoms in total. The van der Waals surface area contributed by atoms with E-state index in [4.69, 9.17) is 10.00 Å². The Morgan fingerprint density at radius 2 is 2.18 bits per heavy atom. The van der Waals surface area contributed by atoms with Crippen molar-refractivity contribution in [1.82, 2.24) is 15.1 Å². The lowest BCUT2D eigenvalue weighted by Crippen LogP contribution is -2.26. The molecule has 6 heteroatoms. The first-order chi connectivity index (χ1) is 8.20. The van der Waals surface area contributed by atoms with Crippen molar-refractivity contribution in [3.8, 4) is 6.07 Å². The third-order valence-corrected chi connectivity index (χ3v) is 2.41. The van der Waals surface area contributed by atoms with Crippen molar-refractivity contribution < 1.29 is 4.74 Å². The van der Waals surface area contributed by atoms with E-state index < -0.39 is 0 Å². The molecule has 1 aromatic rings. The number of nitriles is 1. The second-order valence-electron chi connectivity index (χ2n) is 3.71. The van der Waals surface area contributed by atoms with Gasteiger partial charge in [0, 0.05) is 33.8 Å². The van der Waals surface area contributed by atoms with Gasteiger partial charge in [0.05, 0.1) is 12.3 Å². The zero-order chi connectivity index (χ0) is 12.7. The van der Waals surface area contributed by atoms with Crippen LogP contribution < -0.4 is 10.6 Å². The Bertz CT molecular complexity index is 393. The highest BCUT2D eigenvalue weighted by Gasteiger charge is 2.11. The fourth-order valence-corrected chi connectivity index (χ4v) is 1.56. The zero-order valence-corrected chi connectivity index (χ0v) is 10.6. The second-order valence-corrected chi connectivity index (χ2v) is 3.71. The summed E-state index contributed by atoms with van der Waals surface area (Å²) in [5, 5.41) is 19.6. The highest BCUT2D eigenvalue weighted by Crippen LogP contribution is 2.16. The molecule has 94 valence electrons. The number of methoxy groups -OCH3 is 1. The molecule has 0 fully saturated rings. The molecule has 0 radical (unpaired) electrons. The van der Waals surface area contributed by atoms with Gasteiger partial charge in [0.15, 0.2) is 0 Å². The monoisotopic (exact) mass is 237 g/mol. The number of anilines is 1. The molecule has 0 aromatic carbocycles. The molecule has 0 amide bonds. The van der Waals surface area contributed by atoms with E-state index in [9.17, 15) is 0 Å². The Hall–Kier alpha value is -1.58. The number of ether oxygens (including phenoxy) is 1. The highest BCUT2D eigenvalue weighted by atomic mass is 16.5. The van der Waals surface area contributed by atoms with Crippen molar-refractivity contribution in [3.05, 3.63) is 11.3 Å².